The first-order valence-electron chi connectivity index (χ1n) is 6.22. The van der Waals surface area contributed by atoms with E-state index in [9.17, 15) is 4.79 Å². The summed E-state index contributed by atoms with van der Waals surface area (Å²) in [6.45, 7) is 2.82. The smallest absolute Gasteiger partial charge is 0.252 e. The highest BCUT2D eigenvalue weighted by molar-refractivity contribution is 5.35. The second-order valence-corrected chi connectivity index (χ2v) is 4.91. The van der Waals surface area contributed by atoms with Crippen LogP contribution in [0, 0.1) is 0 Å². The Morgan fingerprint density at radius 3 is 2.94 bits per heavy atom. The van der Waals surface area contributed by atoms with E-state index in [-0.39, 0.29) is 17.7 Å². The molecular formula is C12H17N3O2. The number of hydrogen-bond acceptors (Lipinski definition) is 4. The minimum absolute atomic E-state index is 0.0732. The standard InChI is InChI=1S/C12H17N3O2/c1-7-9(4-5-17-7)13-10-6-11(16)15-12(14-10)8-2-3-8/h6-9H,2-5H2,1H3,(H2,13,14,15,16). The second kappa shape index (κ2) is 4.14. The topological polar surface area (TPSA) is 67.0 Å². The summed E-state index contributed by atoms with van der Waals surface area (Å²) in [5.41, 5.74) is -0.0732. The number of anilines is 1. The Labute approximate surface area is 99.6 Å². The van der Waals surface area contributed by atoms with Crippen LogP contribution in [0.15, 0.2) is 10.9 Å². The number of nitrogens with one attached hydrogen (secondary N) is 2. The van der Waals surface area contributed by atoms with Crippen LogP contribution in [-0.2, 0) is 4.74 Å². The van der Waals surface area contributed by atoms with Crippen LogP contribution in [0.2, 0.25) is 0 Å². The number of hydrogen-bond donors (Lipinski definition) is 2. The molecule has 1 saturated carbocycles. The van der Waals surface area contributed by atoms with Crippen molar-refractivity contribution >= 4 is 5.82 Å². The van der Waals surface area contributed by atoms with E-state index >= 15 is 0 Å². The Balaban J connectivity index is 1.79. The van der Waals surface area contributed by atoms with Crippen molar-refractivity contribution < 1.29 is 4.74 Å². The van der Waals surface area contributed by atoms with Crippen LogP contribution in [0.5, 0.6) is 0 Å². The Hall–Kier alpha value is -1.36. The zero-order valence-electron chi connectivity index (χ0n) is 9.90. The molecule has 3 rings (SSSR count). The average molecular weight is 235 g/mol. The van der Waals surface area contributed by atoms with Gasteiger partial charge in [0.2, 0.25) is 0 Å². The van der Waals surface area contributed by atoms with Crippen LogP contribution in [0.4, 0.5) is 5.82 Å². The van der Waals surface area contributed by atoms with E-state index in [0.717, 1.165) is 31.7 Å². The van der Waals surface area contributed by atoms with E-state index in [1.54, 1.807) is 0 Å². The van der Waals surface area contributed by atoms with Gasteiger partial charge in [0.25, 0.3) is 5.56 Å². The zero-order valence-corrected chi connectivity index (χ0v) is 9.90. The largest absolute Gasteiger partial charge is 0.376 e. The van der Waals surface area contributed by atoms with Gasteiger partial charge in [-0.15, -0.1) is 0 Å². The molecule has 0 spiro atoms. The number of aromatic amines is 1. The monoisotopic (exact) mass is 235 g/mol. The second-order valence-electron chi connectivity index (χ2n) is 4.91. The predicted octanol–water partition coefficient (Wildman–Crippen LogP) is 1.24. The Bertz CT molecular complexity index is 467. The summed E-state index contributed by atoms with van der Waals surface area (Å²) >= 11 is 0. The SMILES string of the molecule is CC1OCCC1Nc1cc(=O)[nH]c(C2CC2)n1. The van der Waals surface area contributed by atoms with Gasteiger partial charge in [0.05, 0.1) is 12.1 Å². The van der Waals surface area contributed by atoms with Crippen molar-refractivity contribution in [3.63, 3.8) is 0 Å². The molecule has 5 heteroatoms. The summed E-state index contributed by atoms with van der Waals surface area (Å²) in [7, 11) is 0. The normalized spacial score (nSPS) is 28.3. The van der Waals surface area contributed by atoms with Gasteiger partial charge < -0.3 is 15.0 Å². The van der Waals surface area contributed by atoms with Gasteiger partial charge in [-0.05, 0) is 26.2 Å². The average Bonchev–Trinajstić information content (AvgIpc) is 3.05. The van der Waals surface area contributed by atoms with Crippen molar-refractivity contribution in [2.24, 2.45) is 0 Å². The van der Waals surface area contributed by atoms with Gasteiger partial charge in [-0.1, -0.05) is 0 Å². The molecule has 1 aromatic rings. The quantitative estimate of drug-likeness (QED) is 0.827. The first kappa shape index (κ1) is 10.8. The summed E-state index contributed by atoms with van der Waals surface area (Å²) in [5, 5.41) is 3.30. The fourth-order valence-corrected chi connectivity index (χ4v) is 2.21. The van der Waals surface area contributed by atoms with Crippen molar-refractivity contribution in [1.29, 1.82) is 0 Å². The lowest BCUT2D eigenvalue weighted by atomic mass is 10.1. The number of ether oxygens (including phenoxy) is 1. The van der Waals surface area contributed by atoms with E-state index in [0.29, 0.717) is 11.7 Å². The van der Waals surface area contributed by atoms with E-state index in [1.165, 1.54) is 6.07 Å². The molecule has 0 aromatic carbocycles. The van der Waals surface area contributed by atoms with E-state index < -0.39 is 0 Å². The molecule has 1 aliphatic heterocycles. The van der Waals surface area contributed by atoms with Crippen molar-refractivity contribution in [3.8, 4) is 0 Å². The molecule has 2 heterocycles. The zero-order chi connectivity index (χ0) is 11.8. The minimum Gasteiger partial charge on any atom is -0.376 e. The lowest BCUT2D eigenvalue weighted by Gasteiger charge is -2.16. The molecule has 1 saturated heterocycles. The summed E-state index contributed by atoms with van der Waals surface area (Å²) in [6, 6.07) is 1.79. The first-order valence-corrected chi connectivity index (χ1v) is 6.22. The number of rotatable bonds is 3. The first-order chi connectivity index (χ1) is 8.22. The number of aromatic nitrogens is 2. The third-order valence-corrected chi connectivity index (χ3v) is 3.43. The van der Waals surface area contributed by atoms with E-state index in [1.807, 2.05) is 6.92 Å². The van der Waals surface area contributed by atoms with Crippen molar-refractivity contribution in [2.75, 3.05) is 11.9 Å². The van der Waals surface area contributed by atoms with E-state index in [4.69, 9.17) is 4.74 Å². The molecule has 2 fully saturated rings. The third kappa shape index (κ3) is 2.34. The molecular weight excluding hydrogens is 218 g/mol. The molecule has 2 unspecified atom stereocenters. The lowest BCUT2D eigenvalue weighted by molar-refractivity contribution is 0.121. The summed E-state index contributed by atoms with van der Waals surface area (Å²) < 4.78 is 5.48. The van der Waals surface area contributed by atoms with Crippen LogP contribution >= 0.6 is 0 Å². The van der Waals surface area contributed by atoms with Gasteiger partial charge in [0, 0.05) is 18.6 Å². The molecule has 2 N–H and O–H groups in total. The third-order valence-electron chi connectivity index (χ3n) is 3.43. The molecule has 0 bridgehead atoms. The molecule has 1 aliphatic carbocycles. The maximum absolute atomic E-state index is 11.5. The van der Waals surface area contributed by atoms with Crippen LogP contribution in [0.25, 0.3) is 0 Å². The summed E-state index contributed by atoms with van der Waals surface area (Å²) in [5.74, 6) is 1.96. The van der Waals surface area contributed by atoms with Gasteiger partial charge in [-0.3, -0.25) is 4.79 Å². The Morgan fingerprint density at radius 2 is 2.29 bits per heavy atom. The van der Waals surface area contributed by atoms with Crippen LogP contribution < -0.4 is 10.9 Å². The molecule has 2 atom stereocenters. The maximum Gasteiger partial charge on any atom is 0.252 e. The van der Waals surface area contributed by atoms with Crippen LogP contribution in [0.3, 0.4) is 0 Å². The predicted molar refractivity (Wildman–Crippen MR) is 64.3 cm³/mol. The Morgan fingerprint density at radius 1 is 1.47 bits per heavy atom. The number of H-pyrrole nitrogens is 1. The molecule has 0 amide bonds. The number of nitrogens with zero attached hydrogens (tertiary/aromatic N) is 1. The fraction of sp³-hybridized carbons (Fsp3) is 0.667. The van der Waals surface area contributed by atoms with Crippen LogP contribution in [0.1, 0.15) is 37.9 Å². The molecule has 0 radical (unpaired) electrons. The van der Waals surface area contributed by atoms with E-state index in [2.05, 4.69) is 15.3 Å². The molecule has 17 heavy (non-hydrogen) atoms. The van der Waals surface area contributed by atoms with Crippen molar-refractivity contribution in [3.05, 3.63) is 22.2 Å². The van der Waals surface area contributed by atoms with Gasteiger partial charge in [-0.2, -0.15) is 0 Å². The fourth-order valence-electron chi connectivity index (χ4n) is 2.21. The highest BCUT2D eigenvalue weighted by atomic mass is 16.5. The van der Waals surface area contributed by atoms with Gasteiger partial charge in [0.1, 0.15) is 11.6 Å². The molecule has 2 aliphatic rings. The summed E-state index contributed by atoms with van der Waals surface area (Å²) in [4.78, 5) is 18.8. The Kier molecular flexibility index (Phi) is 2.63. The summed E-state index contributed by atoms with van der Waals surface area (Å²) in [6.07, 6.45) is 3.42. The highest BCUT2D eigenvalue weighted by Crippen LogP contribution is 2.37. The maximum atomic E-state index is 11.5. The van der Waals surface area contributed by atoms with Gasteiger partial charge in [0.15, 0.2) is 0 Å². The van der Waals surface area contributed by atoms with Gasteiger partial charge >= 0.3 is 0 Å². The van der Waals surface area contributed by atoms with Crippen molar-refractivity contribution in [2.45, 2.75) is 44.2 Å². The minimum atomic E-state index is -0.0732. The molecule has 92 valence electrons. The van der Waals surface area contributed by atoms with Crippen LogP contribution in [-0.4, -0.2) is 28.7 Å². The highest BCUT2D eigenvalue weighted by Gasteiger charge is 2.28. The lowest BCUT2D eigenvalue weighted by Crippen LogP contribution is -2.28. The van der Waals surface area contributed by atoms with Crippen molar-refractivity contribution in [1.82, 2.24) is 9.97 Å². The molecule has 1 aromatic heterocycles. The molecule has 5 nitrogen and oxygen atoms in total. The van der Waals surface area contributed by atoms with Gasteiger partial charge in [-0.25, -0.2) is 4.98 Å².